The molecule has 1 heterocycles. The lowest BCUT2D eigenvalue weighted by molar-refractivity contribution is 0.404. The van der Waals surface area contributed by atoms with Gasteiger partial charge in [0.1, 0.15) is 0 Å². The van der Waals surface area contributed by atoms with Crippen LogP contribution >= 0.6 is 0 Å². The third-order valence-corrected chi connectivity index (χ3v) is 1.97. The molecule has 0 fully saturated rings. The van der Waals surface area contributed by atoms with Crippen molar-refractivity contribution >= 4 is 0 Å². The summed E-state index contributed by atoms with van der Waals surface area (Å²) in [4.78, 5) is 3.97. The number of phenols is 2. The maximum atomic E-state index is 9.29. The van der Waals surface area contributed by atoms with Crippen molar-refractivity contribution in [2.24, 2.45) is 0 Å². The molecule has 1 aromatic heterocycles. The molecular formula is C11H9NO2. The van der Waals surface area contributed by atoms with E-state index in [4.69, 9.17) is 5.11 Å². The quantitative estimate of drug-likeness (QED) is 0.672. The summed E-state index contributed by atoms with van der Waals surface area (Å²) in [6.45, 7) is 0. The minimum atomic E-state index is -0.119. The van der Waals surface area contributed by atoms with Gasteiger partial charge in [-0.15, -0.1) is 0 Å². The largest absolute Gasteiger partial charge is 0.504 e. The molecule has 2 rings (SSSR count). The SMILES string of the molecule is Oc1ccc(-c2cccnc2)cc1O. The van der Waals surface area contributed by atoms with Crippen LogP contribution in [0.25, 0.3) is 11.1 Å². The highest BCUT2D eigenvalue weighted by Gasteiger charge is 2.02. The molecule has 0 aliphatic heterocycles. The zero-order valence-electron chi connectivity index (χ0n) is 7.38. The second kappa shape index (κ2) is 3.38. The molecule has 70 valence electrons. The van der Waals surface area contributed by atoms with Gasteiger partial charge in [0.25, 0.3) is 0 Å². The van der Waals surface area contributed by atoms with Crippen LogP contribution in [0.4, 0.5) is 0 Å². The maximum absolute atomic E-state index is 9.29. The Balaban J connectivity index is 2.48. The van der Waals surface area contributed by atoms with E-state index in [0.717, 1.165) is 11.1 Å². The highest BCUT2D eigenvalue weighted by Crippen LogP contribution is 2.29. The van der Waals surface area contributed by atoms with Gasteiger partial charge in [-0.1, -0.05) is 12.1 Å². The van der Waals surface area contributed by atoms with Crippen LogP contribution in [0, 0.1) is 0 Å². The van der Waals surface area contributed by atoms with Crippen molar-refractivity contribution in [3.05, 3.63) is 42.7 Å². The van der Waals surface area contributed by atoms with Crippen molar-refractivity contribution < 1.29 is 10.2 Å². The zero-order chi connectivity index (χ0) is 9.97. The van der Waals surface area contributed by atoms with E-state index in [0.29, 0.717) is 0 Å². The molecule has 0 saturated carbocycles. The lowest BCUT2D eigenvalue weighted by atomic mass is 10.1. The van der Waals surface area contributed by atoms with E-state index in [1.165, 1.54) is 12.1 Å². The van der Waals surface area contributed by atoms with E-state index in [9.17, 15) is 5.11 Å². The van der Waals surface area contributed by atoms with E-state index in [1.807, 2.05) is 12.1 Å². The zero-order valence-corrected chi connectivity index (χ0v) is 7.38. The Morgan fingerprint density at radius 1 is 0.929 bits per heavy atom. The molecule has 1 aromatic carbocycles. The number of pyridine rings is 1. The summed E-state index contributed by atoms with van der Waals surface area (Å²) in [5, 5.41) is 18.4. The van der Waals surface area contributed by atoms with Crippen LogP contribution in [0.15, 0.2) is 42.7 Å². The Kier molecular flexibility index (Phi) is 2.07. The molecule has 3 heteroatoms. The van der Waals surface area contributed by atoms with Crippen molar-refractivity contribution in [3.63, 3.8) is 0 Å². The van der Waals surface area contributed by atoms with Gasteiger partial charge in [0.2, 0.25) is 0 Å². The summed E-state index contributed by atoms with van der Waals surface area (Å²) >= 11 is 0. The number of hydrogen-bond donors (Lipinski definition) is 2. The first-order valence-corrected chi connectivity index (χ1v) is 4.20. The number of rotatable bonds is 1. The third kappa shape index (κ3) is 1.52. The molecule has 0 atom stereocenters. The van der Waals surface area contributed by atoms with Crippen molar-refractivity contribution in [1.82, 2.24) is 4.98 Å². The Labute approximate surface area is 81.3 Å². The molecule has 2 aromatic rings. The van der Waals surface area contributed by atoms with Crippen molar-refractivity contribution in [2.75, 3.05) is 0 Å². The molecule has 0 radical (unpaired) electrons. The van der Waals surface area contributed by atoms with E-state index in [2.05, 4.69) is 4.98 Å². The summed E-state index contributed by atoms with van der Waals surface area (Å²) in [5.41, 5.74) is 1.73. The number of phenolic OH excluding ortho intramolecular Hbond substituents is 2. The first-order chi connectivity index (χ1) is 6.77. The maximum Gasteiger partial charge on any atom is 0.158 e. The minimum absolute atomic E-state index is 0.113. The number of benzene rings is 1. The number of aromatic nitrogens is 1. The van der Waals surface area contributed by atoms with E-state index < -0.39 is 0 Å². The number of aromatic hydroxyl groups is 2. The summed E-state index contributed by atoms with van der Waals surface area (Å²) in [6, 6.07) is 8.40. The van der Waals surface area contributed by atoms with Crippen LogP contribution in [0.1, 0.15) is 0 Å². The first kappa shape index (κ1) is 8.56. The second-order valence-corrected chi connectivity index (χ2v) is 2.95. The molecule has 0 aliphatic carbocycles. The molecular weight excluding hydrogens is 178 g/mol. The van der Waals surface area contributed by atoms with Crippen molar-refractivity contribution in [2.45, 2.75) is 0 Å². The standard InChI is InChI=1S/C11H9NO2/c13-10-4-3-8(6-11(10)14)9-2-1-5-12-7-9/h1-7,13-14H. The molecule has 0 amide bonds. The number of hydrogen-bond acceptors (Lipinski definition) is 3. The lowest BCUT2D eigenvalue weighted by Crippen LogP contribution is -1.78. The molecule has 0 unspecified atom stereocenters. The molecule has 0 spiro atoms. The van der Waals surface area contributed by atoms with Crippen LogP contribution in [0.5, 0.6) is 11.5 Å². The summed E-state index contributed by atoms with van der Waals surface area (Å²) in [6.07, 6.45) is 3.38. The van der Waals surface area contributed by atoms with Gasteiger partial charge in [0.05, 0.1) is 0 Å². The lowest BCUT2D eigenvalue weighted by Gasteiger charge is -2.02. The second-order valence-electron chi connectivity index (χ2n) is 2.95. The predicted octanol–water partition coefficient (Wildman–Crippen LogP) is 2.16. The van der Waals surface area contributed by atoms with Gasteiger partial charge in [-0.25, -0.2) is 0 Å². The smallest absolute Gasteiger partial charge is 0.158 e. The van der Waals surface area contributed by atoms with Gasteiger partial charge in [0, 0.05) is 18.0 Å². The third-order valence-electron chi connectivity index (χ3n) is 1.97. The summed E-state index contributed by atoms with van der Waals surface area (Å²) in [5.74, 6) is -0.232. The highest BCUT2D eigenvalue weighted by atomic mass is 16.3. The van der Waals surface area contributed by atoms with Crippen LogP contribution in [0.2, 0.25) is 0 Å². The fourth-order valence-electron chi connectivity index (χ4n) is 1.24. The molecule has 0 aliphatic rings. The Morgan fingerprint density at radius 2 is 1.79 bits per heavy atom. The summed E-state index contributed by atoms with van der Waals surface area (Å²) < 4.78 is 0. The fraction of sp³-hybridized carbons (Fsp3) is 0. The van der Waals surface area contributed by atoms with E-state index in [1.54, 1.807) is 18.5 Å². The van der Waals surface area contributed by atoms with Crippen LogP contribution in [-0.4, -0.2) is 15.2 Å². The Bertz CT molecular complexity index is 440. The van der Waals surface area contributed by atoms with Gasteiger partial charge in [-0.3, -0.25) is 4.98 Å². The normalized spacial score (nSPS) is 10.0. The minimum Gasteiger partial charge on any atom is -0.504 e. The molecule has 2 N–H and O–H groups in total. The van der Waals surface area contributed by atoms with Crippen LogP contribution in [-0.2, 0) is 0 Å². The average Bonchev–Trinajstić information content (AvgIpc) is 2.23. The molecule has 3 nitrogen and oxygen atoms in total. The van der Waals surface area contributed by atoms with Crippen LogP contribution < -0.4 is 0 Å². The Hall–Kier alpha value is -2.03. The van der Waals surface area contributed by atoms with Crippen molar-refractivity contribution in [3.8, 4) is 22.6 Å². The Morgan fingerprint density at radius 3 is 2.43 bits per heavy atom. The van der Waals surface area contributed by atoms with Gasteiger partial charge >= 0.3 is 0 Å². The molecule has 0 bridgehead atoms. The number of nitrogens with zero attached hydrogens (tertiary/aromatic N) is 1. The van der Waals surface area contributed by atoms with Crippen LogP contribution in [0.3, 0.4) is 0 Å². The van der Waals surface area contributed by atoms with Gasteiger partial charge in [-0.2, -0.15) is 0 Å². The average molecular weight is 187 g/mol. The topological polar surface area (TPSA) is 53.4 Å². The van der Waals surface area contributed by atoms with E-state index in [-0.39, 0.29) is 11.5 Å². The molecule has 14 heavy (non-hydrogen) atoms. The fourth-order valence-corrected chi connectivity index (χ4v) is 1.24. The van der Waals surface area contributed by atoms with Gasteiger partial charge in [-0.05, 0) is 23.8 Å². The highest BCUT2D eigenvalue weighted by molar-refractivity contribution is 5.65. The van der Waals surface area contributed by atoms with Gasteiger partial charge in [0.15, 0.2) is 11.5 Å². The van der Waals surface area contributed by atoms with Gasteiger partial charge < -0.3 is 10.2 Å². The monoisotopic (exact) mass is 187 g/mol. The van der Waals surface area contributed by atoms with E-state index >= 15 is 0 Å². The predicted molar refractivity (Wildman–Crippen MR) is 53.0 cm³/mol. The molecule has 0 saturated heterocycles. The first-order valence-electron chi connectivity index (χ1n) is 4.20. The summed E-state index contributed by atoms with van der Waals surface area (Å²) in [7, 11) is 0. The van der Waals surface area contributed by atoms with Crippen molar-refractivity contribution in [1.29, 1.82) is 0 Å².